The number of halogens is 1. The van der Waals surface area contributed by atoms with Gasteiger partial charge >= 0.3 is 0 Å². The molecule has 0 radical (unpaired) electrons. The van der Waals surface area contributed by atoms with E-state index in [-0.39, 0.29) is 5.92 Å². The molecule has 0 N–H and O–H groups in total. The molecule has 0 fully saturated rings. The topological polar surface area (TPSA) is 33.0 Å². The van der Waals surface area contributed by atoms with Crippen LogP contribution in [0, 0.1) is 11.3 Å². The fourth-order valence-corrected chi connectivity index (χ4v) is 1.68. The lowest BCUT2D eigenvalue weighted by molar-refractivity contribution is 0.280. The van der Waals surface area contributed by atoms with Crippen molar-refractivity contribution < 1.29 is 4.74 Å². The summed E-state index contributed by atoms with van der Waals surface area (Å²) in [6, 6.07) is 7.66. The Morgan fingerprint density at radius 1 is 1.54 bits per heavy atom. The zero-order chi connectivity index (χ0) is 9.26. The number of rotatable bonds is 0. The van der Waals surface area contributed by atoms with E-state index in [9.17, 15) is 0 Å². The number of fused-ring (bicyclic) bond motifs is 1. The molecule has 2 nitrogen and oxygen atoms in total. The lowest BCUT2D eigenvalue weighted by Gasteiger charge is -2.21. The molecule has 1 aromatic rings. The van der Waals surface area contributed by atoms with Gasteiger partial charge in [0.25, 0.3) is 0 Å². The Kier molecular flexibility index (Phi) is 2.12. The molecule has 1 aliphatic rings. The maximum Gasteiger partial charge on any atom is 0.123 e. The SMILES string of the molecule is N#CC1CCOc2ccc(Cl)cc21. The lowest BCUT2D eigenvalue weighted by Crippen LogP contribution is -2.12. The highest BCUT2D eigenvalue weighted by molar-refractivity contribution is 6.30. The van der Waals surface area contributed by atoms with E-state index < -0.39 is 0 Å². The van der Waals surface area contributed by atoms with Crippen LogP contribution >= 0.6 is 11.6 Å². The van der Waals surface area contributed by atoms with Crippen LogP contribution in [0.2, 0.25) is 5.02 Å². The summed E-state index contributed by atoms with van der Waals surface area (Å²) in [5.74, 6) is 0.727. The van der Waals surface area contributed by atoms with Gasteiger partial charge in [0.05, 0.1) is 18.6 Å². The van der Waals surface area contributed by atoms with Gasteiger partial charge in [0.1, 0.15) is 5.75 Å². The molecule has 1 unspecified atom stereocenters. The Morgan fingerprint density at radius 2 is 2.38 bits per heavy atom. The van der Waals surface area contributed by atoms with Gasteiger partial charge in [-0.25, -0.2) is 0 Å². The van der Waals surface area contributed by atoms with E-state index in [2.05, 4.69) is 6.07 Å². The maximum atomic E-state index is 8.88. The molecule has 2 rings (SSSR count). The van der Waals surface area contributed by atoms with Crippen molar-refractivity contribution in [1.82, 2.24) is 0 Å². The predicted octanol–water partition coefficient (Wildman–Crippen LogP) is 2.73. The van der Waals surface area contributed by atoms with Crippen LogP contribution < -0.4 is 4.74 Å². The second kappa shape index (κ2) is 3.27. The molecule has 1 heterocycles. The summed E-state index contributed by atoms with van der Waals surface area (Å²) in [4.78, 5) is 0. The molecule has 3 heteroatoms. The summed E-state index contributed by atoms with van der Waals surface area (Å²) in [5, 5.41) is 9.54. The summed E-state index contributed by atoms with van der Waals surface area (Å²) >= 11 is 5.83. The third kappa shape index (κ3) is 1.48. The molecule has 0 saturated carbocycles. The van der Waals surface area contributed by atoms with E-state index in [1.54, 1.807) is 6.07 Å². The first-order valence-electron chi connectivity index (χ1n) is 4.13. The molecule has 66 valence electrons. The van der Waals surface area contributed by atoms with Crippen LogP contribution in [0.15, 0.2) is 18.2 Å². The first-order valence-corrected chi connectivity index (χ1v) is 4.51. The molecular weight excluding hydrogens is 186 g/mol. The van der Waals surface area contributed by atoms with Gasteiger partial charge < -0.3 is 4.74 Å². The highest BCUT2D eigenvalue weighted by atomic mass is 35.5. The molecule has 1 aliphatic heterocycles. The molecule has 0 aliphatic carbocycles. The first-order chi connectivity index (χ1) is 6.31. The Morgan fingerprint density at radius 3 is 3.15 bits per heavy atom. The van der Waals surface area contributed by atoms with Crippen molar-refractivity contribution in [3.63, 3.8) is 0 Å². The van der Waals surface area contributed by atoms with Gasteiger partial charge in [-0.05, 0) is 18.2 Å². The molecule has 1 atom stereocenters. The number of ether oxygens (including phenoxy) is 1. The molecule has 0 aromatic heterocycles. The van der Waals surface area contributed by atoms with Crippen molar-refractivity contribution in [2.24, 2.45) is 0 Å². The zero-order valence-electron chi connectivity index (χ0n) is 6.96. The van der Waals surface area contributed by atoms with Crippen LogP contribution in [0.1, 0.15) is 17.9 Å². The monoisotopic (exact) mass is 193 g/mol. The summed E-state index contributed by atoms with van der Waals surface area (Å²) < 4.78 is 5.40. The zero-order valence-corrected chi connectivity index (χ0v) is 7.71. The third-order valence-corrected chi connectivity index (χ3v) is 2.40. The normalized spacial score (nSPS) is 19.8. The first kappa shape index (κ1) is 8.40. The molecule has 1 aromatic carbocycles. The minimum atomic E-state index is -0.0672. The summed E-state index contributed by atoms with van der Waals surface area (Å²) in [6.07, 6.45) is 0.754. The third-order valence-electron chi connectivity index (χ3n) is 2.17. The van der Waals surface area contributed by atoms with Crippen molar-refractivity contribution in [2.75, 3.05) is 6.61 Å². The Hall–Kier alpha value is -1.20. The van der Waals surface area contributed by atoms with E-state index in [0.29, 0.717) is 11.6 Å². The Balaban J connectivity index is 2.49. The van der Waals surface area contributed by atoms with Crippen molar-refractivity contribution in [3.05, 3.63) is 28.8 Å². The smallest absolute Gasteiger partial charge is 0.123 e. The number of hydrogen-bond donors (Lipinski definition) is 0. The summed E-state index contributed by atoms with van der Waals surface area (Å²) in [7, 11) is 0. The van der Waals surface area contributed by atoms with Crippen LogP contribution in [-0.2, 0) is 0 Å². The number of nitriles is 1. The van der Waals surface area contributed by atoms with Crippen LogP contribution in [0.5, 0.6) is 5.75 Å². The molecule has 13 heavy (non-hydrogen) atoms. The van der Waals surface area contributed by atoms with Gasteiger partial charge in [-0.1, -0.05) is 11.6 Å². The van der Waals surface area contributed by atoms with Gasteiger partial charge in [0, 0.05) is 17.0 Å². The Bertz CT molecular complexity index is 370. The number of benzene rings is 1. The van der Waals surface area contributed by atoms with Crippen molar-refractivity contribution >= 4 is 11.6 Å². The minimum Gasteiger partial charge on any atom is -0.493 e. The number of hydrogen-bond acceptors (Lipinski definition) is 2. The van der Waals surface area contributed by atoms with Gasteiger partial charge in [-0.15, -0.1) is 0 Å². The molecular formula is C10H8ClNO. The lowest BCUT2D eigenvalue weighted by atomic mass is 9.95. The number of nitrogens with zero attached hydrogens (tertiary/aromatic N) is 1. The predicted molar refractivity (Wildman–Crippen MR) is 49.9 cm³/mol. The second-order valence-electron chi connectivity index (χ2n) is 3.00. The average molecular weight is 194 g/mol. The van der Waals surface area contributed by atoms with E-state index in [1.807, 2.05) is 12.1 Å². The van der Waals surface area contributed by atoms with Crippen molar-refractivity contribution in [3.8, 4) is 11.8 Å². The molecule has 0 bridgehead atoms. The fraction of sp³-hybridized carbons (Fsp3) is 0.300. The van der Waals surface area contributed by atoms with E-state index in [0.717, 1.165) is 17.7 Å². The van der Waals surface area contributed by atoms with Gasteiger partial charge in [-0.2, -0.15) is 5.26 Å². The van der Waals surface area contributed by atoms with Gasteiger partial charge in [0.15, 0.2) is 0 Å². The largest absolute Gasteiger partial charge is 0.493 e. The quantitative estimate of drug-likeness (QED) is 0.635. The van der Waals surface area contributed by atoms with Crippen LogP contribution in [0.4, 0.5) is 0 Å². The summed E-state index contributed by atoms with van der Waals surface area (Å²) in [5.41, 5.74) is 0.918. The van der Waals surface area contributed by atoms with Gasteiger partial charge in [0.2, 0.25) is 0 Å². The fourth-order valence-electron chi connectivity index (χ4n) is 1.50. The molecule has 0 spiro atoms. The van der Waals surface area contributed by atoms with Crippen LogP contribution in [0.3, 0.4) is 0 Å². The maximum absolute atomic E-state index is 8.88. The van der Waals surface area contributed by atoms with Crippen LogP contribution in [-0.4, -0.2) is 6.61 Å². The van der Waals surface area contributed by atoms with E-state index in [4.69, 9.17) is 21.6 Å². The molecule has 0 saturated heterocycles. The Labute approximate surface area is 81.7 Å². The highest BCUT2D eigenvalue weighted by Crippen LogP contribution is 2.34. The van der Waals surface area contributed by atoms with Crippen molar-refractivity contribution in [1.29, 1.82) is 5.26 Å². The van der Waals surface area contributed by atoms with E-state index in [1.165, 1.54) is 0 Å². The standard InChI is InChI=1S/C10H8ClNO/c11-8-1-2-10-9(5-8)7(6-12)3-4-13-10/h1-2,5,7H,3-4H2. The summed E-state index contributed by atoms with van der Waals surface area (Å²) in [6.45, 7) is 0.618. The molecule has 0 amide bonds. The van der Waals surface area contributed by atoms with E-state index >= 15 is 0 Å². The average Bonchev–Trinajstić information content (AvgIpc) is 2.17. The highest BCUT2D eigenvalue weighted by Gasteiger charge is 2.20. The van der Waals surface area contributed by atoms with Crippen molar-refractivity contribution in [2.45, 2.75) is 12.3 Å². The minimum absolute atomic E-state index is 0.0672. The second-order valence-corrected chi connectivity index (χ2v) is 3.44. The van der Waals surface area contributed by atoms with Crippen LogP contribution in [0.25, 0.3) is 0 Å². The van der Waals surface area contributed by atoms with Gasteiger partial charge in [-0.3, -0.25) is 0 Å².